The zero-order valence-electron chi connectivity index (χ0n) is 11.5. The predicted molar refractivity (Wildman–Crippen MR) is 89.5 cm³/mol. The van der Waals surface area contributed by atoms with Gasteiger partial charge in [0.15, 0.2) is 0 Å². The van der Waals surface area contributed by atoms with Crippen molar-refractivity contribution in [1.82, 2.24) is 9.62 Å². The molecule has 0 unspecified atom stereocenters. The Kier molecular flexibility index (Phi) is 4.98. The molecule has 118 valence electrons. The SMILES string of the molecule is O=S(=O)(c1cc(Cl)c(Br)s1)N1CCC(NCC2CC2)CC1. The summed E-state index contributed by atoms with van der Waals surface area (Å²) in [5.74, 6) is 0.859. The molecule has 2 aliphatic rings. The van der Waals surface area contributed by atoms with E-state index in [9.17, 15) is 8.42 Å². The summed E-state index contributed by atoms with van der Waals surface area (Å²) in [7, 11) is -3.40. The molecule has 1 aromatic heterocycles. The highest BCUT2D eigenvalue weighted by Crippen LogP contribution is 2.36. The molecule has 1 aromatic rings. The maximum absolute atomic E-state index is 12.6. The molecule has 1 saturated heterocycles. The van der Waals surface area contributed by atoms with Gasteiger partial charge in [-0.15, -0.1) is 11.3 Å². The Morgan fingerprint density at radius 3 is 2.52 bits per heavy atom. The first-order valence-electron chi connectivity index (χ1n) is 7.15. The highest BCUT2D eigenvalue weighted by atomic mass is 79.9. The Hall–Kier alpha value is 0.340. The van der Waals surface area contributed by atoms with Crippen molar-refractivity contribution in [3.8, 4) is 0 Å². The maximum atomic E-state index is 12.6. The van der Waals surface area contributed by atoms with Crippen molar-refractivity contribution in [3.63, 3.8) is 0 Å². The lowest BCUT2D eigenvalue weighted by Crippen LogP contribution is -2.45. The van der Waals surface area contributed by atoms with E-state index in [0.29, 0.717) is 32.1 Å². The molecule has 2 heterocycles. The largest absolute Gasteiger partial charge is 0.314 e. The second-order valence-electron chi connectivity index (χ2n) is 5.72. The average molecular weight is 414 g/mol. The molecule has 1 aliphatic carbocycles. The molecule has 0 radical (unpaired) electrons. The van der Waals surface area contributed by atoms with Crippen LogP contribution in [-0.4, -0.2) is 38.4 Å². The second kappa shape index (κ2) is 6.45. The number of nitrogens with zero attached hydrogens (tertiary/aromatic N) is 1. The number of nitrogens with one attached hydrogen (secondary N) is 1. The topological polar surface area (TPSA) is 49.4 Å². The van der Waals surface area contributed by atoms with Gasteiger partial charge in [0, 0.05) is 19.1 Å². The molecule has 3 rings (SSSR count). The zero-order chi connectivity index (χ0) is 15.0. The van der Waals surface area contributed by atoms with E-state index in [1.54, 1.807) is 4.31 Å². The molecule has 1 saturated carbocycles. The molecular formula is C13H18BrClN2O2S2. The minimum atomic E-state index is -3.40. The van der Waals surface area contributed by atoms with Crippen molar-refractivity contribution in [3.05, 3.63) is 14.9 Å². The minimum absolute atomic E-state index is 0.323. The third-order valence-electron chi connectivity index (χ3n) is 4.06. The number of halogens is 2. The molecule has 4 nitrogen and oxygen atoms in total. The lowest BCUT2D eigenvalue weighted by atomic mass is 10.1. The Balaban J connectivity index is 1.59. The predicted octanol–water partition coefficient (Wildman–Crippen LogP) is 3.32. The van der Waals surface area contributed by atoms with Crippen LogP contribution in [0.25, 0.3) is 0 Å². The third-order valence-corrected chi connectivity index (χ3v) is 8.89. The Labute approximate surface area is 143 Å². The highest BCUT2D eigenvalue weighted by molar-refractivity contribution is 9.11. The van der Waals surface area contributed by atoms with Crippen LogP contribution in [0, 0.1) is 5.92 Å². The third kappa shape index (κ3) is 3.82. The fraction of sp³-hybridized carbons (Fsp3) is 0.692. The van der Waals surface area contributed by atoms with Crippen molar-refractivity contribution < 1.29 is 8.42 Å². The second-order valence-corrected chi connectivity index (χ2v) is 10.7. The van der Waals surface area contributed by atoms with E-state index < -0.39 is 10.0 Å². The maximum Gasteiger partial charge on any atom is 0.252 e. The zero-order valence-corrected chi connectivity index (χ0v) is 15.5. The van der Waals surface area contributed by atoms with Gasteiger partial charge in [-0.1, -0.05) is 11.6 Å². The van der Waals surface area contributed by atoms with Gasteiger partial charge in [0.05, 0.1) is 8.81 Å². The molecule has 0 spiro atoms. The smallest absolute Gasteiger partial charge is 0.252 e. The van der Waals surface area contributed by atoms with Crippen molar-refractivity contribution in [2.75, 3.05) is 19.6 Å². The van der Waals surface area contributed by atoms with Crippen molar-refractivity contribution >= 4 is 48.9 Å². The molecule has 0 atom stereocenters. The molecule has 0 bridgehead atoms. The van der Waals surface area contributed by atoms with Crippen molar-refractivity contribution in [2.45, 2.75) is 35.9 Å². The summed E-state index contributed by atoms with van der Waals surface area (Å²) < 4.78 is 27.7. The molecule has 0 aromatic carbocycles. The van der Waals surface area contributed by atoms with Gasteiger partial charge < -0.3 is 5.32 Å². The molecule has 0 amide bonds. The van der Waals surface area contributed by atoms with E-state index in [2.05, 4.69) is 21.2 Å². The van der Waals surface area contributed by atoms with E-state index in [1.807, 2.05) is 0 Å². The van der Waals surface area contributed by atoms with Crippen LogP contribution < -0.4 is 5.32 Å². The van der Waals surface area contributed by atoms with Crippen LogP contribution in [0.3, 0.4) is 0 Å². The number of sulfonamides is 1. The summed E-state index contributed by atoms with van der Waals surface area (Å²) >= 11 is 10.4. The lowest BCUT2D eigenvalue weighted by molar-refractivity contribution is 0.288. The summed E-state index contributed by atoms with van der Waals surface area (Å²) in [5.41, 5.74) is 0. The van der Waals surface area contributed by atoms with Gasteiger partial charge in [-0.3, -0.25) is 0 Å². The Morgan fingerprint density at radius 1 is 1.33 bits per heavy atom. The van der Waals surface area contributed by atoms with Crippen LogP contribution >= 0.6 is 38.9 Å². The average Bonchev–Trinajstić information content (AvgIpc) is 3.23. The number of hydrogen-bond donors (Lipinski definition) is 1. The number of hydrogen-bond acceptors (Lipinski definition) is 4. The monoisotopic (exact) mass is 412 g/mol. The molecule has 21 heavy (non-hydrogen) atoms. The highest BCUT2D eigenvalue weighted by Gasteiger charge is 2.31. The number of thiophene rings is 1. The van der Waals surface area contributed by atoms with Gasteiger partial charge in [-0.2, -0.15) is 4.31 Å². The van der Waals surface area contributed by atoms with Crippen LogP contribution in [0.2, 0.25) is 5.02 Å². The number of rotatable bonds is 5. The number of piperidine rings is 1. The first-order chi connectivity index (χ1) is 9.96. The fourth-order valence-electron chi connectivity index (χ4n) is 2.54. The molecule has 1 aliphatic heterocycles. The van der Waals surface area contributed by atoms with Crippen LogP contribution in [0.5, 0.6) is 0 Å². The van der Waals surface area contributed by atoms with Crippen molar-refractivity contribution in [2.24, 2.45) is 5.92 Å². The van der Waals surface area contributed by atoms with Crippen molar-refractivity contribution in [1.29, 1.82) is 0 Å². The first kappa shape index (κ1) is 16.2. The van der Waals surface area contributed by atoms with Crippen LogP contribution in [0.1, 0.15) is 25.7 Å². The first-order valence-corrected chi connectivity index (χ1v) is 10.6. The Morgan fingerprint density at radius 2 is 2.00 bits per heavy atom. The van der Waals surface area contributed by atoms with E-state index >= 15 is 0 Å². The molecule has 8 heteroatoms. The lowest BCUT2D eigenvalue weighted by Gasteiger charge is -2.31. The van der Waals surface area contributed by atoms with E-state index in [1.165, 1.54) is 30.2 Å². The van der Waals surface area contributed by atoms with Gasteiger partial charge in [0.1, 0.15) is 4.21 Å². The molecule has 2 fully saturated rings. The summed E-state index contributed by atoms with van der Waals surface area (Å²) in [5, 5.41) is 4.02. The minimum Gasteiger partial charge on any atom is -0.314 e. The van der Waals surface area contributed by atoms with E-state index in [-0.39, 0.29) is 0 Å². The summed E-state index contributed by atoms with van der Waals surface area (Å²) in [6, 6.07) is 1.99. The Bertz CT molecular complexity index is 588. The van der Waals surface area contributed by atoms with Crippen LogP contribution in [0.15, 0.2) is 14.1 Å². The van der Waals surface area contributed by atoms with Gasteiger partial charge in [0.25, 0.3) is 10.0 Å². The van der Waals surface area contributed by atoms with E-state index in [0.717, 1.165) is 25.3 Å². The van der Waals surface area contributed by atoms with Gasteiger partial charge in [-0.25, -0.2) is 8.42 Å². The van der Waals surface area contributed by atoms with Crippen LogP contribution in [-0.2, 0) is 10.0 Å². The normalized spacial score (nSPS) is 21.8. The standard InChI is InChI=1S/C13H18BrClN2O2S2/c14-13-11(15)7-12(20-13)21(18,19)17-5-3-10(4-6-17)16-8-9-1-2-9/h7,9-10,16H,1-6,8H2. The summed E-state index contributed by atoms with van der Waals surface area (Å²) in [6.07, 6.45) is 4.45. The summed E-state index contributed by atoms with van der Waals surface area (Å²) in [4.78, 5) is 0. The summed E-state index contributed by atoms with van der Waals surface area (Å²) in [6.45, 7) is 2.25. The van der Waals surface area contributed by atoms with Gasteiger partial charge in [-0.05, 0) is 60.1 Å². The molecular weight excluding hydrogens is 396 g/mol. The quantitative estimate of drug-likeness (QED) is 0.805. The van der Waals surface area contributed by atoms with Crippen LogP contribution in [0.4, 0.5) is 0 Å². The van der Waals surface area contributed by atoms with E-state index in [4.69, 9.17) is 11.6 Å². The van der Waals surface area contributed by atoms with Gasteiger partial charge in [0.2, 0.25) is 0 Å². The van der Waals surface area contributed by atoms with Gasteiger partial charge >= 0.3 is 0 Å². The fourth-order valence-corrected chi connectivity index (χ4v) is 6.56. The molecule has 1 N–H and O–H groups in total.